The number of methoxy groups -OCH3 is 2. The molecule has 0 radical (unpaired) electrons. The Bertz CT molecular complexity index is 2160. The first-order chi connectivity index (χ1) is 24.4. The molecule has 2 N–H and O–H groups in total. The number of benzene rings is 4. The van der Waals surface area contributed by atoms with Crippen molar-refractivity contribution in [3.8, 4) is 23.0 Å². The van der Waals surface area contributed by atoms with Crippen LogP contribution in [0.2, 0.25) is 0 Å². The highest BCUT2D eigenvalue weighted by Gasteiger charge is 2.27. The summed E-state index contributed by atoms with van der Waals surface area (Å²) in [5.41, 5.74) is 5.58. The summed E-state index contributed by atoms with van der Waals surface area (Å²) in [6, 6.07) is 25.0. The molecule has 0 bridgehead atoms. The lowest BCUT2D eigenvalue weighted by Crippen LogP contribution is -2.23. The van der Waals surface area contributed by atoms with E-state index >= 15 is 0 Å². The number of hydrogen-bond donors (Lipinski definition) is 2. The van der Waals surface area contributed by atoms with Crippen molar-refractivity contribution in [1.29, 1.82) is 0 Å². The molecular formula is C39H33N3O8. The Morgan fingerprint density at radius 3 is 2.32 bits per heavy atom. The van der Waals surface area contributed by atoms with Crippen LogP contribution in [0.3, 0.4) is 0 Å². The van der Waals surface area contributed by atoms with Gasteiger partial charge in [-0.2, -0.15) is 0 Å². The van der Waals surface area contributed by atoms with E-state index in [9.17, 15) is 14.4 Å². The molecule has 0 saturated heterocycles. The van der Waals surface area contributed by atoms with E-state index in [1.807, 2.05) is 48.5 Å². The Labute approximate surface area is 287 Å². The van der Waals surface area contributed by atoms with E-state index in [-0.39, 0.29) is 24.1 Å². The zero-order valence-corrected chi connectivity index (χ0v) is 27.4. The van der Waals surface area contributed by atoms with E-state index in [1.165, 1.54) is 20.3 Å². The second-order valence-electron chi connectivity index (χ2n) is 11.7. The molecule has 2 amide bonds. The van der Waals surface area contributed by atoms with Crippen LogP contribution in [0.5, 0.6) is 23.0 Å². The Balaban J connectivity index is 1.11. The minimum atomic E-state index is -0.622. The van der Waals surface area contributed by atoms with Crippen LogP contribution < -0.4 is 29.6 Å². The van der Waals surface area contributed by atoms with Gasteiger partial charge in [0, 0.05) is 23.1 Å². The molecule has 11 nitrogen and oxygen atoms in total. The average Bonchev–Trinajstić information content (AvgIpc) is 3.62. The molecule has 2 heterocycles. The first-order valence-corrected chi connectivity index (χ1v) is 16.0. The fourth-order valence-corrected chi connectivity index (χ4v) is 6.18. The lowest BCUT2D eigenvalue weighted by molar-refractivity contribution is -0.119. The van der Waals surface area contributed by atoms with Crippen LogP contribution in [0.15, 0.2) is 84.9 Å². The van der Waals surface area contributed by atoms with Gasteiger partial charge in [0.1, 0.15) is 11.5 Å². The van der Waals surface area contributed by atoms with Gasteiger partial charge in [0.2, 0.25) is 6.79 Å². The third kappa shape index (κ3) is 6.53. The second kappa shape index (κ2) is 14.0. The number of nitrogens with zero attached hydrogens (tertiary/aromatic N) is 1. The van der Waals surface area contributed by atoms with Crippen molar-refractivity contribution in [2.75, 3.05) is 38.3 Å². The summed E-state index contributed by atoms with van der Waals surface area (Å²) < 4.78 is 27.6. The van der Waals surface area contributed by atoms with E-state index in [1.54, 1.807) is 30.3 Å². The van der Waals surface area contributed by atoms with Gasteiger partial charge in [-0.15, -0.1) is 0 Å². The molecule has 0 fully saturated rings. The maximum absolute atomic E-state index is 13.8. The molecule has 0 spiro atoms. The van der Waals surface area contributed by atoms with Crippen LogP contribution in [-0.4, -0.2) is 50.4 Å². The zero-order chi connectivity index (χ0) is 34.6. The number of amides is 2. The summed E-state index contributed by atoms with van der Waals surface area (Å²) in [7, 11) is 2.88. The summed E-state index contributed by atoms with van der Waals surface area (Å²) in [5.74, 6) is 0.406. The van der Waals surface area contributed by atoms with Gasteiger partial charge >= 0.3 is 5.97 Å². The maximum atomic E-state index is 13.8. The standard InChI is InChI=1S/C39H33N3O8/c1-46-32-20-30(42-38(44)24-9-4-3-5-10-24)33(47-2)19-29(32)40-35(43)21-48-39(45)36-26-12-6-7-14-28(26)41-37-25(11-8-13-27(36)37)17-23-15-16-31-34(18-23)50-22-49-31/h3-7,9-10,12,14-20H,8,11,13,21-22H2,1-2H3,(H,40,43)(H,42,44)/b25-17-. The molecule has 2 aliphatic rings. The molecule has 0 saturated carbocycles. The third-order valence-electron chi connectivity index (χ3n) is 8.53. The molecule has 50 heavy (non-hydrogen) atoms. The largest absolute Gasteiger partial charge is 0.494 e. The molecule has 4 aromatic carbocycles. The molecular weight excluding hydrogens is 638 g/mol. The molecule has 7 rings (SSSR count). The number of anilines is 2. The number of aromatic nitrogens is 1. The van der Waals surface area contributed by atoms with Gasteiger partial charge in [0.25, 0.3) is 11.8 Å². The molecule has 11 heteroatoms. The molecule has 5 aromatic rings. The van der Waals surface area contributed by atoms with Gasteiger partial charge in [-0.1, -0.05) is 42.5 Å². The van der Waals surface area contributed by atoms with E-state index in [0.29, 0.717) is 51.4 Å². The maximum Gasteiger partial charge on any atom is 0.339 e. The lowest BCUT2D eigenvalue weighted by atomic mass is 9.86. The van der Waals surface area contributed by atoms with Crippen molar-refractivity contribution in [3.05, 3.63) is 113 Å². The van der Waals surface area contributed by atoms with Crippen LogP contribution >= 0.6 is 0 Å². The van der Waals surface area contributed by atoms with E-state index in [0.717, 1.165) is 35.2 Å². The van der Waals surface area contributed by atoms with Crippen LogP contribution in [0.4, 0.5) is 11.4 Å². The topological polar surface area (TPSA) is 134 Å². The molecule has 0 atom stereocenters. The van der Waals surface area contributed by atoms with Crippen LogP contribution in [0.25, 0.3) is 22.6 Å². The van der Waals surface area contributed by atoms with Gasteiger partial charge in [-0.25, -0.2) is 9.78 Å². The molecule has 0 unspecified atom stereocenters. The third-order valence-corrected chi connectivity index (χ3v) is 8.53. The Morgan fingerprint density at radius 1 is 0.820 bits per heavy atom. The highest BCUT2D eigenvalue weighted by atomic mass is 16.7. The van der Waals surface area contributed by atoms with Crippen molar-refractivity contribution in [2.45, 2.75) is 19.3 Å². The van der Waals surface area contributed by atoms with E-state index in [4.69, 9.17) is 28.7 Å². The normalized spacial score (nSPS) is 13.8. The number of fused-ring (bicyclic) bond motifs is 3. The first kappa shape index (κ1) is 32.2. The van der Waals surface area contributed by atoms with Crippen molar-refractivity contribution in [1.82, 2.24) is 4.98 Å². The predicted molar refractivity (Wildman–Crippen MR) is 188 cm³/mol. The number of esters is 1. The average molecular weight is 672 g/mol. The van der Waals surface area contributed by atoms with Gasteiger partial charge in [-0.3, -0.25) is 9.59 Å². The highest BCUT2D eigenvalue weighted by Crippen LogP contribution is 2.39. The number of rotatable bonds is 9. The molecule has 1 aliphatic carbocycles. The number of allylic oxidation sites excluding steroid dienone is 1. The summed E-state index contributed by atoms with van der Waals surface area (Å²) in [5, 5.41) is 6.20. The first-order valence-electron chi connectivity index (χ1n) is 16.0. The highest BCUT2D eigenvalue weighted by molar-refractivity contribution is 6.08. The fourth-order valence-electron chi connectivity index (χ4n) is 6.18. The molecule has 252 valence electrons. The fraction of sp³-hybridized carbons (Fsp3) is 0.179. The minimum Gasteiger partial charge on any atom is -0.494 e. The summed E-state index contributed by atoms with van der Waals surface area (Å²) >= 11 is 0. The number of hydrogen-bond acceptors (Lipinski definition) is 9. The number of nitrogens with one attached hydrogen (secondary N) is 2. The van der Waals surface area contributed by atoms with Gasteiger partial charge in [0.05, 0.1) is 42.4 Å². The van der Waals surface area contributed by atoms with E-state index < -0.39 is 18.5 Å². The minimum absolute atomic E-state index is 0.193. The summed E-state index contributed by atoms with van der Waals surface area (Å²) in [6.45, 7) is -0.361. The van der Waals surface area contributed by atoms with Gasteiger partial charge < -0.3 is 34.3 Å². The van der Waals surface area contributed by atoms with Crippen LogP contribution in [0.1, 0.15) is 50.4 Å². The summed E-state index contributed by atoms with van der Waals surface area (Å²) in [4.78, 5) is 44.7. The zero-order valence-electron chi connectivity index (χ0n) is 27.4. The van der Waals surface area contributed by atoms with Crippen molar-refractivity contribution < 1.29 is 38.1 Å². The SMILES string of the molecule is COc1cc(NC(=O)c2ccccc2)c(OC)cc1NC(=O)COC(=O)c1c2c(nc3ccccc13)/C(=C\c1ccc3c(c1)OCO3)CCC2. The van der Waals surface area contributed by atoms with E-state index in [2.05, 4.69) is 16.7 Å². The van der Waals surface area contributed by atoms with Crippen molar-refractivity contribution in [2.24, 2.45) is 0 Å². The monoisotopic (exact) mass is 671 g/mol. The molecule has 1 aliphatic heterocycles. The smallest absolute Gasteiger partial charge is 0.339 e. The Kier molecular flexibility index (Phi) is 9.02. The second-order valence-corrected chi connectivity index (χ2v) is 11.7. The van der Waals surface area contributed by atoms with Crippen LogP contribution in [-0.2, 0) is 16.0 Å². The molecule has 1 aromatic heterocycles. The Morgan fingerprint density at radius 2 is 1.54 bits per heavy atom. The number of carbonyl (C=O) groups is 3. The van der Waals surface area contributed by atoms with Crippen molar-refractivity contribution in [3.63, 3.8) is 0 Å². The van der Waals surface area contributed by atoms with Gasteiger partial charge in [-0.05, 0) is 72.4 Å². The van der Waals surface area contributed by atoms with Crippen molar-refractivity contribution >= 4 is 51.7 Å². The number of ether oxygens (including phenoxy) is 5. The van der Waals surface area contributed by atoms with Crippen LogP contribution in [0, 0.1) is 0 Å². The number of carbonyl (C=O) groups excluding carboxylic acids is 3. The summed E-state index contributed by atoms with van der Waals surface area (Å²) in [6.07, 6.45) is 4.29. The van der Waals surface area contributed by atoms with Gasteiger partial charge in [0.15, 0.2) is 18.1 Å². The number of pyridine rings is 1. The Hall–Kier alpha value is -6.36. The predicted octanol–water partition coefficient (Wildman–Crippen LogP) is 6.91. The lowest BCUT2D eigenvalue weighted by Gasteiger charge is -2.22. The number of para-hydroxylation sites is 1. The quantitative estimate of drug-likeness (QED) is 0.160.